The van der Waals surface area contributed by atoms with E-state index in [9.17, 15) is 10.1 Å². The molecule has 0 unspecified atom stereocenters. The fourth-order valence-electron chi connectivity index (χ4n) is 2.80. The number of thioether (sulfide) groups is 1. The quantitative estimate of drug-likeness (QED) is 0.789. The summed E-state index contributed by atoms with van der Waals surface area (Å²) >= 11 is 1.20. The summed E-state index contributed by atoms with van der Waals surface area (Å²) in [6, 6.07) is 7.48. The van der Waals surface area contributed by atoms with Gasteiger partial charge in [-0.05, 0) is 43.4 Å². The maximum atomic E-state index is 12.4. The first-order chi connectivity index (χ1) is 12.3. The highest BCUT2D eigenvalue weighted by molar-refractivity contribution is 8.06. The molecule has 0 bridgehead atoms. The molecule has 1 heterocycles. The van der Waals surface area contributed by atoms with E-state index in [2.05, 4.69) is 6.07 Å². The molecule has 2 N–H and O–H groups in total. The molecule has 1 atom stereocenters. The van der Waals surface area contributed by atoms with Crippen LogP contribution in [0.15, 0.2) is 39.3 Å². The number of esters is 1. The van der Waals surface area contributed by atoms with Crippen LogP contribution in [0.2, 0.25) is 0 Å². The highest BCUT2D eigenvalue weighted by atomic mass is 32.2. The Labute approximate surface area is 157 Å². The van der Waals surface area contributed by atoms with Crippen molar-refractivity contribution in [1.82, 2.24) is 0 Å². The molecule has 1 aromatic rings. The van der Waals surface area contributed by atoms with E-state index < -0.39 is 11.9 Å². The van der Waals surface area contributed by atoms with Crippen molar-refractivity contribution in [2.24, 2.45) is 5.73 Å². The Kier molecular flexibility index (Phi) is 6.22. The number of carbonyl (C=O) groups excluding carboxylic acids is 1. The van der Waals surface area contributed by atoms with E-state index in [1.807, 2.05) is 19.9 Å². The highest BCUT2D eigenvalue weighted by Crippen LogP contribution is 2.46. The van der Waals surface area contributed by atoms with Gasteiger partial charge in [0.15, 0.2) is 11.5 Å². The lowest BCUT2D eigenvalue weighted by molar-refractivity contribution is -0.136. The molecule has 0 saturated carbocycles. The van der Waals surface area contributed by atoms with Crippen molar-refractivity contribution in [3.8, 4) is 17.6 Å². The van der Waals surface area contributed by atoms with E-state index in [-0.39, 0.29) is 6.10 Å². The maximum absolute atomic E-state index is 12.4. The summed E-state index contributed by atoms with van der Waals surface area (Å²) in [6.07, 6.45) is -0.0150. The van der Waals surface area contributed by atoms with Crippen LogP contribution in [0.4, 0.5) is 0 Å². The third-order valence-corrected chi connectivity index (χ3v) is 4.86. The normalized spacial score (nSPS) is 17.2. The second-order valence-corrected chi connectivity index (χ2v) is 7.22. The smallest absolute Gasteiger partial charge is 0.335 e. The average Bonchev–Trinajstić information content (AvgIpc) is 2.60. The third-order valence-electron chi connectivity index (χ3n) is 3.89. The summed E-state index contributed by atoms with van der Waals surface area (Å²) in [4.78, 5) is 13.1. The fourth-order valence-corrected chi connectivity index (χ4v) is 3.72. The van der Waals surface area contributed by atoms with Gasteiger partial charge in [0.05, 0.1) is 48.5 Å². The second-order valence-electron chi connectivity index (χ2n) is 5.96. The molecule has 6 nitrogen and oxygen atoms in total. The monoisotopic (exact) mass is 374 g/mol. The number of hydrogen-bond donors (Lipinski definition) is 1. The van der Waals surface area contributed by atoms with Crippen molar-refractivity contribution in [2.75, 3.05) is 14.2 Å². The molecule has 1 aliphatic rings. The Balaban J connectivity index is 2.62. The molecule has 0 spiro atoms. The van der Waals surface area contributed by atoms with E-state index in [4.69, 9.17) is 19.9 Å². The van der Waals surface area contributed by atoms with Gasteiger partial charge in [-0.15, -0.1) is 0 Å². The zero-order valence-electron chi connectivity index (χ0n) is 15.5. The zero-order valence-corrected chi connectivity index (χ0v) is 16.3. The van der Waals surface area contributed by atoms with Gasteiger partial charge in [-0.2, -0.15) is 5.26 Å². The van der Waals surface area contributed by atoms with Crippen LogP contribution in [0.25, 0.3) is 0 Å². The van der Waals surface area contributed by atoms with Crippen molar-refractivity contribution in [3.63, 3.8) is 0 Å². The topological polar surface area (TPSA) is 94.6 Å². The van der Waals surface area contributed by atoms with Gasteiger partial charge >= 0.3 is 5.97 Å². The summed E-state index contributed by atoms with van der Waals surface area (Å²) in [5.41, 5.74) is 7.49. The molecule has 0 aliphatic carbocycles. The van der Waals surface area contributed by atoms with E-state index in [1.54, 1.807) is 26.2 Å². The lowest BCUT2D eigenvalue weighted by atomic mass is 9.84. The van der Waals surface area contributed by atoms with Crippen molar-refractivity contribution in [1.29, 1.82) is 5.26 Å². The number of ether oxygens (including phenoxy) is 3. The first-order valence-electron chi connectivity index (χ1n) is 8.05. The molecule has 0 aromatic heterocycles. The Morgan fingerprint density at radius 1 is 1.31 bits per heavy atom. The largest absolute Gasteiger partial charge is 0.493 e. The lowest BCUT2D eigenvalue weighted by Gasteiger charge is -2.27. The predicted molar refractivity (Wildman–Crippen MR) is 101 cm³/mol. The van der Waals surface area contributed by atoms with Gasteiger partial charge in [-0.1, -0.05) is 17.8 Å². The third kappa shape index (κ3) is 3.81. The molecular weight excluding hydrogens is 352 g/mol. The summed E-state index contributed by atoms with van der Waals surface area (Å²) < 4.78 is 16.1. The van der Waals surface area contributed by atoms with E-state index in [1.165, 1.54) is 18.9 Å². The van der Waals surface area contributed by atoms with Crippen molar-refractivity contribution < 1.29 is 19.0 Å². The van der Waals surface area contributed by atoms with Crippen LogP contribution >= 0.6 is 11.8 Å². The molecule has 0 saturated heterocycles. The number of allylic oxidation sites excluding steroid dienone is 2. The fraction of sp³-hybridized carbons (Fsp3) is 0.368. The highest BCUT2D eigenvalue weighted by Gasteiger charge is 2.35. The Morgan fingerprint density at radius 2 is 2.00 bits per heavy atom. The minimum Gasteiger partial charge on any atom is -0.493 e. The number of hydrogen-bond acceptors (Lipinski definition) is 7. The molecule has 138 valence electrons. The van der Waals surface area contributed by atoms with Gasteiger partial charge in [0.2, 0.25) is 0 Å². The minimum absolute atomic E-state index is 0.0150. The van der Waals surface area contributed by atoms with Gasteiger partial charge in [-0.3, -0.25) is 0 Å². The van der Waals surface area contributed by atoms with Crippen LogP contribution < -0.4 is 15.2 Å². The Morgan fingerprint density at radius 3 is 2.54 bits per heavy atom. The summed E-state index contributed by atoms with van der Waals surface area (Å²) in [7, 11) is 2.86. The number of benzene rings is 1. The number of rotatable bonds is 5. The second kappa shape index (κ2) is 8.19. The van der Waals surface area contributed by atoms with Gasteiger partial charge < -0.3 is 19.9 Å². The van der Waals surface area contributed by atoms with Crippen molar-refractivity contribution >= 4 is 17.7 Å². The number of nitriles is 1. The van der Waals surface area contributed by atoms with Crippen LogP contribution in [-0.4, -0.2) is 26.3 Å². The SMILES string of the molecule is COC(=O)C1=C(C)SC(N)=C(C#N)[C@H]1c1ccc(OC(C)C)c(OC)c1. The number of methoxy groups -OCH3 is 2. The van der Waals surface area contributed by atoms with Crippen LogP contribution in [0, 0.1) is 11.3 Å². The van der Waals surface area contributed by atoms with E-state index in [0.29, 0.717) is 38.1 Å². The summed E-state index contributed by atoms with van der Waals surface area (Å²) in [5.74, 6) is 0.0109. The van der Waals surface area contributed by atoms with Gasteiger partial charge in [-0.25, -0.2) is 4.79 Å². The van der Waals surface area contributed by atoms with E-state index in [0.717, 1.165) is 0 Å². The predicted octanol–water partition coefficient (Wildman–Crippen LogP) is 3.45. The van der Waals surface area contributed by atoms with Crippen LogP contribution in [-0.2, 0) is 9.53 Å². The van der Waals surface area contributed by atoms with Crippen LogP contribution in [0.3, 0.4) is 0 Å². The molecule has 0 radical (unpaired) electrons. The van der Waals surface area contributed by atoms with Crippen LogP contribution in [0.5, 0.6) is 11.5 Å². The maximum Gasteiger partial charge on any atom is 0.335 e. The zero-order chi connectivity index (χ0) is 19.4. The number of nitrogens with zero attached hydrogens (tertiary/aromatic N) is 1. The summed E-state index contributed by atoms with van der Waals surface area (Å²) in [5, 5.41) is 10.00. The van der Waals surface area contributed by atoms with Crippen molar-refractivity contribution in [3.05, 3.63) is 44.8 Å². The van der Waals surface area contributed by atoms with E-state index >= 15 is 0 Å². The van der Waals surface area contributed by atoms with Crippen LogP contribution in [0.1, 0.15) is 32.3 Å². The molecule has 7 heteroatoms. The Hall–Kier alpha value is -2.59. The summed E-state index contributed by atoms with van der Waals surface area (Å²) in [6.45, 7) is 5.63. The molecule has 1 aliphatic heterocycles. The molecule has 2 rings (SSSR count). The molecule has 26 heavy (non-hydrogen) atoms. The first kappa shape index (κ1) is 19.7. The first-order valence-corrected chi connectivity index (χ1v) is 8.86. The lowest BCUT2D eigenvalue weighted by Crippen LogP contribution is -2.21. The number of nitrogens with two attached hydrogens (primary N) is 1. The minimum atomic E-state index is -0.615. The molecular formula is C19H22N2O4S. The van der Waals surface area contributed by atoms with Gasteiger partial charge in [0.1, 0.15) is 0 Å². The van der Waals surface area contributed by atoms with Gasteiger partial charge in [0.25, 0.3) is 0 Å². The molecule has 1 aromatic carbocycles. The molecule has 0 fully saturated rings. The molecule has 0 amide bonds. The number of carbonyl (C=O) groups is 1. The standard InChI is InChI=1S/C19H22N2O4S/c1-10(2)25-14-7-6-12(8-15(14)23-4)17-13(9-20)18(21)26-11(3)16(17)19(22)24-5/h6-8,10,17H,21H2,1-5H3/t17-/m1/s1. The Bertz CT molecular complexity index is 821. The van der Waals surface area contributed by atoms with Gasteiger partial charge in [0, 0.05) is 0 Å². The average molecular weight is 374 g/mol. The van der Waals surface area contributed by atoms with Crippen molar-refractivity contribution in [2.45, 2.75) is 32.8 Å².